The Balaban J connectivity index is 1.68. The second-order valence-electron chi connectivity index (χ2n) is 8.20. The van der Waals surface area contributed by atoms with Gasteiger partial charge in [0.05, 0.1) is 11.1 Å². The first-order valence-electron chi connectivity index (χ1n) is 10.7. The van der Waals surface area contributed by atoms with Crippen LogP contribution in [-0.2, 0) is 17.6 Å². The molecule has 1 heterocycles. The molecule has 0 bridgehead atoms. The van der Waals surface area contributed by atoms with Gasteiger partial charge in [-0.1, -0.05) is 36.8 Å². The van der Waals surface area contributed by atoms with Gasteiger partial charge in [0.2, 0.25) is 5.78 Å². The fourth-order valence-corrected chi connectivity index (χ4v) is 4.18. The smallest absolute Gasteiger partial charge is 0.339 e. The molecule has 3 aromatic rings. The quantitative estimate of drug-likeness (QED) is 0.327. The molecule has 0 fully saturated rings. The normalized spacial score (nSPS) is 14.6. The van der Waals surface area contributed by atoms with E-state index in [1.165, 1.54) is 0 Å². The van der Waals surface area contributed by atoms with Crippen molar-refractivity contribution >= 4 is 22.7 Å². The zero-order chi connectivity index (χ0) is 21.3. The van der Waals surface area contributed by atoms with Gasteiger partial charge >= 0.3 is 5.97 Å². The molecular formula is C26H27NO3. The molecule has 1 aliphatic carbocycles. The molecule has 154 valence electrons. The summed E-state index contributed by atoms with van der Waals surface area (Å²) in [6, 6.07) is 13.3. The zero-order valence-electron chi connectivity index (χ0n) is 17.8. The van der Waals surface area contributed by atoms with Crippen LogP contribution in [0.15, 0.2) is 42.5 Å². The topological polar surface area (TPSA) is 56.3 Å². The fraction of sp³-hybridized carbons (Fsp3) is 0.346. The van der Waals surface area contributed by atoms with E-state index in [0.717, 1.165) is 65.4 Å². The SMILES string of the molecule is Cc1ccc(C(=O)[C@H](C)OC(=O)c2c3c(nc4ccccc24)CCCCC3)cc1C. The highest BCUT2D eigenvalue weighted by Gasteiger charge is 2.26. The Labute approximate surface area is 177 Å². The summed E-state index contributed by atoms with van der Waals surface area (Å²) in [7, 11) is 0. The van der Waals surface area contributed by atoms with Crippen molar-refractivity contribution in [2.24, 2.45) is 0 Å². The average Bonchev–Trinajstić information content (AvgIpc) is 2.98. The van der Waals surface area contributed by atoms with E-state index in [2.05, 4.69) is 0 Å². The Hall–Kier alpha value is -3.01. The highest BCUT2D eigenvalue weighted by molar-refractivity contribution is 6.07. The van der Waals surface area contributed by atoms with E-state index in [1.54, 1.807) is 13.0 Å². The summed E-state index contributed by atoms with van der Waals surface area (Å²) in [5.74, 6) is -0.618. The minimum Gasteiger partial charge on any atom is -0.451 e. The van der Waals surface area contributed by atoms with E-state index in [0.29, 0.717) is 11.1 Å². The van der Waals surface area contributed by atoms with E-state index < -0.39 is 12.1 Å². The second kappa shape index (κ2) is 8.39. The number of aryl methyl sites for hydroxylation is 3. The minimum atomic E-state index is -0.854. The number of rotatable bonds is 4. The fourth-order valence-electron chi connectivity index (χ4n) is 4.18. The Kier molecular flexibility index (Phi) is 5.67. The van der Waals surface area contributed by atoms with Gasteiger partial charge in [-0.3, -0.25) is 9.78 Å². The molecule has 0 radical (unpaired) electrons. The Morgan fingerprint density at radius 2 is 1.73 bits per heavy atom. The predicted molar refractivity (Wildman–Crippen MR) is 118 cm³/mol. The largest absolute Gasteiger partial charge is 0.451 e. The van der Waals surface area contributed by atoms with E-state index in [4.69, 9.17) is 9.72 Å². The maximum Gasteiger partial charge on any atom is 0.339 e. The number of hydrogen-bond acceptors (Lipinski definition) is 4. The molecule has 4 heteroatoms. The average molecular weight is 402 g/mol. The lowest BCUT2D eigenvalue weighted by atomic mass is 9.97. The van der Waals surface area contributed by atoms with Crippen LogP contribution in [-0.4, -0.2) is 22.8 Å². The van der Waals surface area contributed by atoms with Crippen LogP contribution in [0.1, 0.15) is 69.3 Å². The molecule has 4 nitrogen and oxygen atoms in total. The predicted octanol–water partition coefficient (Wildman–Crippen LogP) is 5.55. The number of carbonyl (C=O) groups excluding carboxylic acids is 2. The van der Waals surface area contributed by atoms with Crippen molar-refractivity contribution in [2.75, 3.05) is 0 Å². The molecule has 2 aromatic carbocycles. The number of Topliss-reactive ketones (excluding diaryl/α,β-unsaturated/α-hetero) is 1. The van der Waals surface area contributed by atoms with E-state index >= 15 is 0 Å². The van der Waals surface area contributed by atoms with Crippen LogP contribution in [0, 0.1) is 13.8 Å². The lowest BCUT2D eigenvalue weighted by Gasteiger charge is -2.17. The molecule has 1 aliphatic rings. The standard InChI is InChI=1S/C26H27NO3/c1-16-13-14-19(15-17(16)2)25(28)18(3)30-26(29)24-20-9-5-4-6-11-22(20)27-23-12-8-7-10-21(23)24/h7-8,10,12-15,18H,4-6,9,11H2,1-3H3/t18-/m0/s1. The van der Waals surface area contributed by atoms with Crippen LogP contribution >= 0.6 is 0 Å². The van der Waals surface area contributed by atoms with Crippen molar-refractivity contribution in [1.29, 1.82) is 0 Å². The summed E-state index contributed by atoms with van der Waals surface area (Å²) in [6.07, 6.45) is 4.07. The van der Waals surface area contributed by atoms with Gasteiger partial charge in [-0.15, -0.1) is 0 Å². The molecular weight excluding hydrogens is 374 g/mol. The first-order valence-corrected chi connectivity index (χ1v) is 10.7. The summed E-state index contributed by atoms with van der Waals surface area (Å²) in [4.78, 5) is 31.0. The monoisotopic (exact) mass is 401 g/mol. The van der Waals surface area contributed by atoms with Gasteiger partial charge in [0.1, 0.15) is 0 Å². The molecule has 0 unspecified atom stereocenters. The summed E-state index contributed by atoms with van der Waals surface area (Å²) in [5, 5.41) is 0.800. The van der Waals surface area contributed by atoms with Crippen molar-refractivity contribution in [3.63, 3.8) is 0 Å². The Morgan fingerprint density at radius 1 is 0.967 bits per heavy atom. The molecule has 1 aromatic heterocycles. The summed E-state index contributed by atoms with van der Waals surface area (Å²) >= 11 is 0. The van der Waals surface area contributed by atoms with Gasteiger partial charge in [-0.25, -0.2) is 4.79 Å². The first kappa shape index (κ1) is 20.3. The highest BCUT2D eigenvalue weighted by atomic mass is 16.5. The van der Waals surface area contributed by atoms with Gasteiger partial charge in [-0.05, 0) is 75.3 Å². The van der Waals surface area contributed by atoms with Crippen LogP contribution < -0.4 is 0 Å². The van der Waals surface area contributed by atoms with Gasteiger partial charge < -0.3 is 4.74 Å². The number of hydrogen-bond donors (Lipinski definition) is 0. The van der Waals surface area contributed by atoms with Crippen LogP contribution in [0.5, 0.6) is 0 Å². The molecule has 0 aliphatic heterocycles. The number of benzene rings is 2. The third-order valence-electron chi connectivity index (χ3n) is 6.07. The van der Waals surface area contributed by atoms with Gasteiger partial charge in [-0.2, -0.15) is 0 Å². The van der Waals surface area contributed by atoms with E-state index in [1.807, 2.05) is 50.2 Å². The van der Waals surface area contributed by atoms with Crippen LogP contribution in [0.25, 0.3) is 10.9 Å². The lowest BCUT2D eigenvalue weighted by molar-refractivity contribution is 0.0319. The molecule has 0 N–H and O–H groups in total. The number of carbonyl (C=O) groups is 2. The summed E-state index contributed by atoms with van der Waals surface area (Å²) < 4.78 is 5.72. The number of para-hydroxylation sites is 1. The van der Waals surface area contributed by atoms with Crippen molar-refractivity contribution in [3.05, 3.63) is 76.0 Å². The van der Waals surface area contributed by atoms with Crippen LogP contribution in [0.2, 0.25) is 0 Å². The maximum absolute atomic E-state index is 13.3. The van der Waals surface area contributed by atoms with Crippen molar-refractivity contribution in [1.82, 2.24) is 4.98 Å². The van der Waals surface area contributed by atoms with Crippen molar-refractivity contribution < 1.29 is 14.3 Å². The van der Waals surface area contributed by atoms with Gasteiger partial charge in [0.25, 0.3) is 0 Å². The Bertz CT molecular complexity index is 1130. The second-order valence-corrected chi connectivity index (χ2v) is 8.20. The molecule has 0 saturated heterocycles. The number of pyridine rings is 1. The molecule has 0 spiro atoms. The number of ether oxygens (including phenoxy) is 1. The molecule has 30 heavy (non-hydrogen) atoms. The molecule has 0 amide bonds. The number of nitrogens with zero attached hydrogens (tertiary/aromatic N) is 1. The van der Waals surface area contributed by atoms with E-state index in [9.17, 15) is 9.59 Å². The third-order valence-corrected chi connectivity index (χ3v) is 6.07. The first-order chi connectivity index (χ1) is 14.5. The minimum absolute atomic E-state index is 0.184. The van der Waals surface area contributed by atoms with E-state index in [-0.39, 0.29) is 5.78 Å². The summed E-state index contributed by atoms with van der Waals surface area (Å²) in [6.45, 7) is 5.63. The number of aromatic nitrogens is 1. The maximum atomic E-state index is 13.3. The molecule has 1 atom stereocenters. The lowest BCUT2D eigenvalue weighted by Crippen LogP contribution is -2.25. The number of ketones is 1. The van der Waals surface area contributed by atoms with Crippen molar-refractivity contribution in [3.8, 4) is 0 Å². The van der Waals surface area contributed by atoms with Gasteiger partial charge in [0, 0.05) is 16.6 Å². The third kappa shape index (κ3) is 3.87. The zero-order valence-corrected chi connectivity index (χ0v) is 17.8. The number of fused-ring (bicyclic) bond motifs is 2. The van der Waals surface area contributed by atoms with Crippen molar-refractivity contribution in [2.45, 2.75) is 59.0 Å². The number of esters is 1. The highest BCUT2D eigenvalue weighted by Crippen LogP contribution is 2.29. The summed E-state index contributed by atoms with van der Waals surface area (Å²) in [5.41, 5.74) is 6.10. The van der Waals surface area contributed by atoms with Gasteiger partial charge in [0.15, 0.2) is 6.10 Å². The van der Waals surface area contributed by atoms with Crippen LogP contribution in [0.3, 0.4) is 0 Å². The van der Waals surface area contributed by atoms with Crippen LogP contribution in [0.4, 0.5) is 0 Å². The molecule has 4 rings (SSSR count). The molecule has 0 saturated carbocycles. The Morgan fingerprint density at radius 3 is 2.53 bits per heavy atom.